The van der Waals surface area contributed by atoms with Gasteiger partial charge in [0.25, 0.3) is 22.5 Å². The Labute approximate surface area is 197 Å². The second-order valence-corrected chi connectivity index (χ2v) is 8.96. The third kappa shape index (κ3) is 6.26. The first kappa shape index (κ1) is 24.6. The first-order chi connectivity index (χ1) is 15.8. The minimum absolute atomic E-state index is 0.115. The zero-order valence-corrected chi connectivity index (χ0v) is 19.7. The number of ether oxygens (including phenoxy) is 1. The highest BCUT2D eigenvalue weighted by Gasteiger charge is 2.40. The molecule has 0 amide bonds. The van der Waals surface area contributed by atoms with Gasteiger partial charge in [0.05, 0.1) is 11.4 Å². The maximum absolute atomic E-state index is 13.3. The van der Waals surface area contributed by atoms with Crippen molar-refractivity contribution in [1.82, 2.24) is 0 Å². The molecular formula is C23H24N2O6S2. The van der Waals surface area contributed by atoms with E-state index in [1.165, 1.54) is 0 Å². The SMILES string of the molecule is Cc1ccc(N(C(C(=O)OCc2ccccc2)N(c2ccc(C)cc2)S(=O)O)S(=O)O)cc1. The van der Waals surface area contributed by atoms with Crippen LogP contribution in [0.4, 0.5) is 11.4 Å². The second kappa shape index (κ2) is 11.2. The van der Waals surface area contributed by atoms with Crippen LogP contribution in [-0.2, 0) is 38.7 Å². The molecule has 3 rings (SSSR count). The Balaban J connectivity index is 2.07. The minimum Gasteiger partial charge on any atom is -0.458 e. The van der Waals surface area contributed by atoms with Crippen molar-refractivity contribution in [3.05, 3.63) is 95.6 Å². The van der Waals surface area contributed by atoms with E-state index in [4.69, 9.17) is 4.74 Å². The zero-order chi connectivity index (χ0) is 24.0. The number of esters is 1. The van der Waals surface area contributed by atoms with Crippen LogP contribution in [0.3, 0.4) is 0 Å². The van der Waals surface area contributed by atoms with Gasteiger partial charge in [0.15, 0.2) is 0 Å². The normalized spacial score (nSPS) is 13.6. The van der Waals surface area contributed by atoms with Crippen LogP contribution in [0, 0.1) is 13.8 Å². The van der Waals surface area contributed by atoms with E-state index in [-0.39, 0.29) is 18.0 Å². The van der Waals surface area contributed by atoms with Gasteiger partial charge in [-0.05, 0) is 43.7 Å². The molecule has 0 spiro atoms. The predicted octanol–water partition coefficient (Wildman–Crippen LogP) is 3.96. The Morgan fingerprint density at radius 1 is 0.788 bits per heavy atom. The predicted molar refractivity (Wildman–Crippen MR) is 129 cm³/mol. The van der Waals surface area contributed by atoms with E-state index in [1.54, 1.807) is 72.8 Å². The lowest BCUT2D eigenvalue weighted by molar-refractivity contribution is -0.146. The van der Waals surface area contributed by atoms with Crippen molar-refractivity contribution in [3.8, 4) is 0 Å². The van der Waals surface area contributed by atoms with Crippen LogP contribution in [0.2, 0.25) is 0 Å². The summed E-state index contributed by atoms with van der Waals surface area (Å²) in [7, 11) is 0. The van der Waals surface area contributed by atoms with Gasteiger partial charge in [0.1, 0.15) is 6.61 Å². The molecule has 0 aliphatic rings. The molecule has 0 saturated carbocycles. The molecule has 0 fully saturated rings. The number of anilines is 2. The number of benzene rings is 3. The highest BCUT2D eigenvalue weighted by Crippen LogP contribution is 2.28. The topological polar surface area (TPSA) is 107 Å². The number of nitrogens with zero attached hydrogens (tertiary/aromatic N) is 2. The third-order valence-electron chi connectivity index (χ3n) is 4.79. The molecule has 8 nitrogen and oxygen atoms in total. The van der Waals surface area contributed by atoms with Crippen molar-refractivity contribution in [2.75, 3.05) is 8.61 Å². The van der Waals surface area contributed by atoms with Crippen molar-refractivity contribution in [3.63, 3.8) is 0 Å². The van der Waals surface area contributed by atoms with Crippen LogP contribution in [0.1, 0.15) is 16.7 Å². The van der Waals surface area contributed by atoms with Gasteiger partial charge in [-0.15, -0.1) is 0 Å². The molecule has 0 aliphatic heterocycles. The fourth-order valence-corrected chi connectivity index (χ4v) is 4.47. The van der Waals surface area contributed by atoms with E-state index in [1.807, 2.05) is 19.9 Å². The van der Waals surface area contributed by atoms with Crippen molar-refractivity contribution in [1.29, 1.82) is 0 Å². The summed E-state index contributed by atoms with van der Waals surface area (Å²) >= 11 is -5.46. The monoisotopic (exact) mass is 488 g/mol. The molecule has 3 aromatic rings. The average molecular weight is 489 g/mol. The molecule has 33 heavy (non-hydrogen) atoms. The summed E-state index contributed by atoms with van der Waals surface area (Å²) in [6, 6.07) is 21.9. The molecule has 0 aromatic heterocycles. The van der Waals surface area contributed by atoms with Gasteiger partial charge in [-0.3, -0.25) is 9.11 Å². The summed E-state index contributed by atoms with van der Waals surface area (Å²) in [5, 5.41) is 0. The van der Waals surface area contributed by atoms with Crippen LogP contribution < -0.4 is 8.61 Å². The summed E-state index contributed by atoms with van der Waals surface area (Å²) in [6.07, 6.45) is -1.71. The fraction of sp³-hybridized carbons (Fsp3) is 0.174. The van der Waals surface area contributed by atoms with Crippen LogP contribution in [-0.4, -0.2) is 29.7 Å². The Kier molecular flexibility index (Phi) is 8.34. The lowest BCUT2D eigenvalue weighted by atomic mass is 10.2. The highest BCUT2D eigenvalue weighted by molar-refractivity contribution is 7.82. The molecule has 3 aromatic carbocycles. The molecule has 10 heteroatoms. The summed E-state index contributed by atoms with van der Waals surface area (Å²) in [4.78, 5) is 13.3. The standard InChI is InChI=1S/C23H24N2O6S2/c1-17-8-12-20(13-9-17)24(32(27)28)22(23(26)31-16-19-6-4-3-5-7-19)25(33(29)30)21-14-10-18(2)11-15-21/h3-15,22H,16H2,1-2H3,(H,27,28)(H,29,30). The molecule has 0 heterocycles. The Morgan fingerprint density at radius 3 is 1.61 bits per heavy atom. The molecule has 2 unspecified atom stereocenters. The van der Waals surface area contributed by atoms with Gasteiger partial charge in [0, 0.05) is 0 Å². The summed E-state index contributed by atoms with van der Waals surface area (Å²) < 4.78 is 52.3. The molecule has 2 N–H and O–H groups in total. The maximum atomic E-state index is 13.3. The van der Waals surface area contributed by atoms with Gasteiger partial charge >= 0.3 is 5.97 Å². The van der Waals surface area contributed by atoms with E-state index in [9.17, 15) is 22.3 Å². The number of hydrogen-bond donors (Lipinski definition) is 2. The van der Waals surface area contributed by atoms with Crippen LogP contribution >= 0.6 is 0 Å². The van der Waals surface area contributed by atoms with Gasteiger partial charge in [0.2, 0.25) is 6.17 Å². The van der Waals surface area contributed by atoms with E-state index in [0.29, 0.717) is 5.56 Å². The summed E-state index contributed by atoms with van der Waals surface area (Å²) in [6.45, 7) is 3.57. The number of carbonyl (C=O) groups is 1. The fourth-order valence-electron chi connectivity index (χ4n) is 3.11. The molecule has 2 atom stereocenters. The lowest BCUT2D eigenvalue weighted by Gasteiger charge is -2.35. The molecule has 0 aliphatic carbocycles. The van der Waals surface area contributed by atoms with Crippen molar-refractivity contribution in [2.45, 2.75) is 26.6 Å². The lowest BCUT2D eigenvalue weighted by Crippen LogP contribution is -2.55. The largest absolute Gasteiger partial charge is 0.458 e. The Bertz CT molecular complexity index is 1060. The van der Waals surface area contributed by atoms with Crippen molar-refractivity contribution in [2.24, 2.45) is 0 Å². The van der Waals surface area contributed by atoms with Crippen molar-refractivity contribution < 1.29 is 27.1 Å². The van der Waals surface area contributed by atoms with E-state index in [0.717, 1.165) is 19.7 Å². The summed E-state index contributed by atoms with van der Waals surface area (Å²) in [5.74, 6) is -0.968. The Morgan fingerprint density at radius 2 is 1.21 bits per heavy atom. The maximum Gasteiger partial charge on any atom is 0.352 e. The zero-order valence-electron chi connectivity index (χ0n) is 18.0. The first-order valence-electron chi connectivity index (χ1n) is 9.92. The minimum atomic E-state index is -2.73. The van der Waals surface area contributed by atoms with Gasteiger partial charge in [-0.1, -0.05) is 65.7 Å². The Hall–Kier alpha value is -3.05. The molecule has 0 radical (unpaired) electrons. The van der Waals surface area contributed by atoms with Gasteiger partial charge < -0.3 is 4.74 Å². The third-order valence-corrected chi connectivity index (χ3v) is 6.29. The van der Waals surface area contributed by atoms with E-state index in [2.05, 4.69) is 0 Å². The van der Waals surface area contributed by atoms with E-state index < -0.39 is 34.7 Å². The van der Waals surface area contributed by atoms with Crippen LogP contribution in [0.15, 0.2) is 78.9 Å². The summed E-state index contributed by atoms with van der Waals surface area (Å²) in [5.41, 5.74) is 2.89. The number of aryl methyl sites for hydroxylation is 2. The number of rotatable bonds is 9. The average Bonchev–Trinajstić information content (AvgIpc) is 2.79. The molecular weight excluding hydrogens is 464 g/mol. The smallest absolute Gasteiger partial charge is 0.352 e. The molecule has 0 bridgehead atoms. The molecule has 0 saturated heterocycles. The van der Waals surface area contributed by atoms with E-state index >= 15 is 0 Å². The van der Waals surface area contributed by atoms with Crippen LogP contribution in [0.25, 0.3) is 0 Å². The van der Waals surface area contributed by atoms with Gasteiger partial charge in [-0.25, -0.2) is 21.8 Å². The van der Waals surface area contributed by atoms with Crippen molar-refractivity contribution >= 4 is 39.9 Å². The molecule has 174 valence electrons. The quantitative estimate of drug-likeness (QED) is 0.268. The van der Waals surface area contributed by atoms with Crippen LogP contribution in [0.5, 0.6) is 0 Å². The number of carbonyl (C=O) groups excluding carboxylic acids is 1. The second-order valence-electron chi connectivity index (χ2n) is 7.25. The highest BCUT2D eigenvalue weighted by atomic mass is 32.2. The first-order valence-corrected chi connectivity index (χ1v) is 12.0. The number of hydrogen-bond acceptors (Lipinski definition) is 4. The van der Waals surface area contributed by atoms with Gasteiger partial charge in [-0.2, -0.15) is 0 Å².